The van der Waals surface area contributed by atoms with Gasteiger partial charge in [-0.1, -0.05) is 126 Å². The Labute approximate surface area is 403 Å². The van der Waals surface area contributed by atoms with E-state index in [0.29, 0.717) is 0 Å². The van der Waals surface area contributed by atoms with Crippen molar-refractivity contribution in [1.82, 2.24) is 4.57 Å². The number of aryl methyl sites for hydroxylation is 1. The normalized spacial score (nSPS) is 11.2. The third-order valence-electron chi connectivity index (χ3n) is 11.8. The van der Waals surface area contributed by atoms with Gasteiger partial charge in [0.25, 0.3) is 0 Å². The van der Waals surface area contributed by atoms with Crippen LogP contribution in [0.4, 0.5) is 17.1 Å². The molecule has 3 heterocycles. The second-order valence-electron chi connectivity index (χ2n) is 15.7. The number of halogens is 2. The Morgan fingerprint density at radius 3 is 1.78 bits per heavy atom. The predicted molar refractivity (Wildman–Crippen MR) is 294 cm³/mol. The maximum atomic E-state index is 3.90. The number of rotatable bonds is 5. The van der Waals surface area contributed by atoms with Crippen LogP contribution < -0.4 is 4.90 Å². The smallest absolute Gasteiger partial charge is 0.0540 e. The summed E-state index contributed by atoms with van der Waals surface area (Å²) in [6, 6.07) is 71.3. The van der Waals surface area contributed by atoms with Crippen LogP contribution >= 0.6 is 61.2 Å². The second-order valence-corrected chi connectivity index (χ2v) is 20.1. The van der Waals surface area contributed by atoms with Gasteiger partial charge in [0.15, 0.2) is 0 Å². The zero-order valence-electron chi connectivity index (χ0n) is 35.3. The molecule has 0 aliphatic carbocycles. The third kappa shape index (κ3) is 8.27. The van der Waals surface area contributed by atoms with E-state index in [2.05, 4.69) is 269 Å². The SMILES string of the molecule is Brc1ccc(N(c2ccccc2)c2ccc3sc4ccccc4c3c2)cc1.C=Cc1ccc2c(C)c(C)n(-c3ccc4ccccc4c3)c2c1.Ic1ccc2sc3ccccc3c2c1. The van der Waals surface area contributed by atoms with Crippen LogP contribution in [0.1, 0.15) is 16.8 Å². The lowest BCUT2D eigenvalue weighted by atomic mass is 10.1. The zero-order valence-corrected chi connectivity index (χ0v) is 40.7. The van der Waals surface area contributed by atoms with Gasteiger partial charge in [-0.3, -0.25) is 0 Å². The van der Waals surface area contributed by atoms with E-state index < -0.39 is 0 Å². The molecule has 9 aromatic carbocycles. The summed E-state index contributed by atoms with van der Waals surface area (Å²) in [5.74, 6) is 0. The van der Waals surface area contributed by atoms with Crippen molar-refractivity contribution in [3.63, 3.8) is 0 Å². The number of aromatic nitrogens is 1. The van der Waals surface area contributed by atoms with Crippen LogP contribution in [-0.2, 0) is 0 Å². The molecular formula is C58H42BrIN2S2. The third-order valence-corrected chi connectivity index (χ3v) is 15.3. The van der Waals surface area contributed by atoms with Gasteiger partial charge >= 0.3 is 0 Å². The van der Waals surface area contributed by atoms with E-state index in [9.17, 15) is 0 Å². The van der Waals surface area contributed by atoms with Gasteiger partial charge in [0.1, 0.15) is 0 Å². The molecule has 0 amide bonds. The minimum absolute atomic E-state index is 1.08. The lowest BCUT2D eigenvalue weighted by Gasteiger charge is -2.25. The number of nitrogens with zero attached hydrogens (tertiary/aromatic N) is 2. The molecule has 0 aliphatic heterocycles. The maximum absolute atomic E-state index is 3.90. The summed E-state index contributed by atoms with van der Waals surface area (Å²) in [6.07, 6.45) is 1.90. The fraction of sp³-hybridized carbons (Fsp3) is 0.0345. The van der Waals surface area contributed by atoms with Gasteiger partial charge < -0.3 is 9.47 Å². The first-order chi connectivity index (χ1) is 31.3. The van der Waals surface area contributed by atoms with Gasteiger partial charge in [-0.2, -0.15) is 0 Å². The average Bonchev–Trinajstić information content (AvgIpc) is 3.98. The van der Waals surface area contributed by atoms with E-state index in [1.54, 1.807) is 0 Å². The van der Waals surface area contributed by atoms with Crippen molar-refractivity contribution in [2.75, 3.05) is 4.90 Å². The van der Waals surface area contributed by atoms with E-state index in [-0.39, 0.29) is 0 Å². The fourth-order valence-electron chi connectivity index (χ4n) is 8.54. The minimum Gasteiger partial charge on any atom is -0.314 e. The van der Waals surface area contributed by atoms with Gasteiger partial charge in [0.2, 0.25) is 0 Å². The molecular weight excluding hydrogens is 996 g/mol. The summed E-state index contributed by atoms with van der Waals surface area (Å²) < 4.78 is 10.2. The van der Waals surface area contributed by atoms with Crippen molar-refractivity contribution in [3.8, 4) is 5.69 Å². The van der Waals surface area contributed by atoms with Crippen LogP contribution in [0, 0.1) is 17.4 Å². The van der Waals surface area contributed by atoms with E-state index in [1.807, 2.05) is 28.7 Å². The van der Waals surface area contributed by atoms with Crippen LogP contribution in [0.15, 0.2) is 211 Å². The van der Waals surface area contributed by atoms with E-state index in [0.717, 1.165) is 21.4 Å². The predicted octanol–water partition coefficient (Wildman–Crippen LogP) is 19.0. The van der Waals surface area contributed by atoms with E-state index in [4.69, 9.17) is 0 Å². The van der Waals surface area contributed by atoms with Crippen LogP contribution in [0.2, 0.25) is 0 Å². The van der Waals surface area contributed by atoms with Crippen LogP contribution in [0.5, 0.6) is 0 Å². The molecule has 0 unspecified atom stereocenters. The molecule has 0 saturated heterocycles. The zero-order chi connectivity index (χ0) is 43.7. The molecule has 0 fully saturated rings. The van der Waals surface area contributed by atoms with Gasteiger partial charge in [0.05, 0.1) is 5.52 Å². The highest BCUT2D eigenvalue weighted by Gasteiger charge is 2.15. The monoisotopic (exact) mass is 1040 g/mol. The lowest BCUT2D eigenvalue weighted by Crippen LogP contribution is -2.09. The first-order valence-electron chi connectivity index (χ1n) is 21.1. The molecule has 0 N–H and O–H groups in total. The molecule has 12 rings (SSSR count). The van der Waals surface area contributed by atoms with Crippen molar-refractivity contribution in [1.29, 1.82) is 0 Å². The van der Waals surface area contributed by atoms with Crippen LogP contribution in [0.25, 0.3) is 73.8 Å². The molecule has 0 radical (unpaired) electrons. The average molecular weight is 1040 g/mol. The fourth-order valence-corrected chi connectivity index (χ4v) is 11.5. The Bertz CT molecular complexity index is 3640. The summed E-state index contributed by atoms with van der Waals surface area (Å²) in [4.78, 5) is 2.30. The highest BCUT2D eigenvalue weighted by molar-refractivity contribution is 14.1. The Morgan fingerprint density at radius 1 is 0.500 bits per heavy atom. The number of fused-ring (bicyclic) bond motifs is 8. The largest absolute Gasteiger partial charge is 0.314 e. The quantitative estimate of drug-likeness (QED) is 0.156. The minimum atomic E-state index is 1.08. The molecule has 0 aliphatic rings. The standard InChI is InChI=1S/C24H16BrNS.C22H19N.C12H7IS/c25-17-10-12-19(13-11-17)26(18-6-2-1-3-7-18)20-14-15-24-22(16-20)21-8-4-5-9-23(21)27-24;1-4-17-9-12-21-15(2)16(3)23(22(21)13-17)20-11-10-18-7-5-6-8-19(18)14-20;13-8-5-6-12-10(7-8)9-3-1-2-4-11(9)14-12/h1-16H;4-14H,1H2,2-3H3;1-7H. The molecule has 0 bridgehead atoms. The molecule has 12 aromatic rings. The molecule has 0 atom stereocenters. The number of benzene rings is 9. The number of hydrogen-bond acceptors (Lipinski definition) is 3. The molecule has 3 aromatic heterocycles. The molecule has 2 nitrogen and oxygen atoms in total. The first-order valence-corrected chi connectivity index (χ1v) is 24.7. The number of para-hydroxylation sites is 1. The van der Waals surface area contributed by atoms with Gasteiger partial charge in [-0.25, -0.2) is 0 Å². The van der Waals surface area contributed by atoms with Gasteiger partial charge in [-0.05, 0) is 161 Å². The number of anilines is 3. The molecule has 6 heteroatoms. The molecule has 0 saturated carbocycles. The van der Waals surface area contributed by atoms with E-state index >= 15 is 0 Å². The lowest BCUT2D eigenvalue weighted by molar-refractivity contribution is 1.04. The highest BCUT2D eigenvalue weighted by atomic mass is 127. The summed E-state index contributed by atoms with van der Waals surface area (Å²) in [6.45, 7) is 8.29. The van der Waals surface area contributed by atoms with Crippen molar-refractivity contribution in [2.24, 2.45) is 0 Å². The van der Waals surface area contributed by atoms with Crippen molar-refractivity contribution < 1.29 is 0 Å². The van der Waals surface area contributed by atoms with Crippen LogP contribution in [-0.4, -0.2) is 4.57 Å². The Morgan fingerprint density at radius 2 is 1.08 bits per heavy atom. The van der Waals surface area contributed by atoms with Crippen molar-refractivity contribution in [2.45, 2.75) is 13.8 Å². The number of hydrogen-bond donors (Lipinski definition) is 0. The second kappa shape index (κ2) is 18.2. The highest BCUT2D eigenvalue weighted by Crippen LogP contribution is 2.41. The van der Waals surface area contributed by atoms with Gasteiger partial charge in [-0.15, -0.1) is 22.7 Å². The van der Waals surface area contributed by atoms with Gasteiger partial charge in [0, 0.05) is 82.2 Å². The maximum Gasteiger partial charge on any atom is 0.0540 e. The molecule has 310 valence electrons. The molecule has 0 spiro atoms. The molecule has 64 heavy (non-hydrogen) atoms. The number of thiophene rings is 2. The Balaban J connectivity index is 0.000000119. The topological polar surface area (TPSA) is 8.17 Å². The van der Waals surface area contributed by atoms with Crippen molar-refractivity contribution >= 4 is 146 Å². The first kappa shape index (κ1) is 42.0. The van der Waals surface area contributed by atoms with Crippen LogP contribution in [0.3, 0.4) is 0 Å². The summed E-state index contributed by atoms with van der Waals surface area (Å²) >= 11 is 9.63. The summed E-state index contributed by atoms with van der Waals surface area (Å²) in [5, 5.41) is 9.25. The Hall–Kier alpha value is -6.03. The Kier molecular flexibility index (Phi) is 11.9. The van der Waals surface area contributed by atoms with Crippen molar-refractivity contribution in [3.05, 3.63) is 232 Å². The summed E-state index contributed by atoms with van der Waals surface area (Å²) in [5.41, 5.74) is 9.69. The van der Waals surface area contributed by atoms with E-state index in [1.165, 1.54) is 88.2 Å². The summed E-state index contributed by atoms with van der Waals surface area (Å²) in [7, 11) is 0.